The fourth-order valence-electron chi connectivity index (χ4n) is 4.99. The lowest BCUT2D eigenvalue weighted by Crippen LogP contribution is -2.36. The summed E-state index contributed by atoms with van der Waals surface area (Å²) in [5.74, 6) is -2.88. The second-order valence-electron chi connectivity index (χ2n) is 10.4. The first kappa shape index (κ1) is 28.6. The minimum atomic E-state index is -4.03. The zero-order valence-electron chi connectivity index (χ0n) is 22.4. The van der Waals surface area contributed by atoms with Crippen LogP contribution in [0.25, 0.3) is 16.6 Å². The quantitative estimate of drug-likeness (QED) is 0.315. The van der Waals surface area contributed by atoms with Gasteiger partial charge >= 0.3 is 0 Å². The number of fused-ring (bicyclic) bond motifs is 1. The Morgan fingerprint density at radius 3 is 2.39 bits per heavy atom. The minimum Gasteiger partial charge on any atom is -0.351 e. The van der Waals surface area contributed by atoms with Gasteiger partial charge in [-0.25, -0.2) is 27.2 Å². The number of hydrogen-bond acceptors (Lipinski definition) is 7. The van der Waals surface area contributed by atoms with E-state index in [2.05, 4.69) is 39.0 Å². The number of nitrogens with one attached hydrogen (secondary N) is 2. The summed E-state index contributed by atoms with van der Waals surface area (Å²) in [4.78, 5) is 23.6. The summed E-state index contributed by atoms with van der Waals surface area (Å²) < 4.78 is 71.3. The van der Waals surface area contributed by atoms with E-state index < -0.39 is 38.8 Å². The fourth-order valence-corrected chi connectivity index (χ4v) is 6.19. The monoisotopic (exact) mass is 586 g/mol. The van der Waals surface area contributed by atoms with Crippen LogP contribution >= 0.6 is 0 Å². The molecule has 13 heteroatoms. The first-order valence-corrected chi connectivity index (χ1v) is 14.7. The van der Waals surface area contributed by atoms with Gasteiger partial charge in [0.05, 0.1) is 17.1 Å². The lowest BCUT2D eigenvalue weighted by molar-refractivity contribution is 0.221. The third kappa shape index (κ3) is 6.51. The molecule has 0 saturated heterocycles. The van der Waals surface area contributed by atoms with Crippen LogP contribution in [-0.2, 0) is 15.8 Å². The van der Waals surface area contributed by atoms with Gasteiger partial charge in [-0.2, -0.15) is 4.39 Å². The predicted molar refractivity (Wildman–Crippen MR) is 151 cm³/mol. The smallest absolute Gasteiger partial charge is 0.293 e. The Hall–Kier alpha value is -3.97. The van der Waals surface area contributed by atoms with Crippen LogP contribution in [0.1, 0.15) is 31.2 Å². The molecular formula is C28H29F3N6O3S. The van der Waals surface area contributed by atoms with Gasteiger partial charge in [0.1, 0.15) is 17.2 Å². The number of aromatic nitrogens is 3. The molecule has 9 nitrogen and oxygen atoms in total. The molecule has 1 aliphatic rings. The summed E-state index contributed by atoms with van der Waals surface area (Å²) in [6, 6.07) is 8.87. The molecule has 216 valence electrons. The maximum absolute atomic E-state index is 15.2. The van der Waals surface area contributed by atoms with E-state index in [-0.39, 0.29) is 34.3 Å². The Bertz CT molecular complexity index is 1740. The SMILES string of the molecule is CN(C)C1CCC(Nc2ncc3cn(-c4ccc(NS(=O)(=O)Cc5ccc(F)cc5)c(F)c4)c(=O)c(F)c3n2)CC1. The Labute approximate surface area is 235 Å². The van der Waals surface area contributed by atoms with Crippen molar-refractivity contribution >= 4 is 32.6 Å². The normalized spacial score (nSPS) is 17.6. The highest BCUT2D eigenvalue weighted by molar-refractivity contribution is 7.91. The van der Waals surface area contributed by atoms with Crippen LogP contribution in [0.4, 0.5) is 24.8 Å². The van der Waals surface area contributed by atoms with E-state index >= 15 is 4.39 Å². The van der Waals surface area contributed by atoms with E-state index in [1.807, 2.05) is 0 Å². The van der Waals surface area contributed by atoms with Crippen molar-refractivity contribution in [3.63, 3.8) is 0 Å². The number of hydrogen-bond donors (Lipinski definition) is 2. The highest BCUT2D eigenvalue weighted by Crippen LogP contribution is 2.25. The highest BCUT2D eigenvalue weighted by atomic mass is 32.2. The lowest BCUT2D eigenvalue weighted by Gasteiger charge is -2.32. The van der Waals surface area contributed by atoms with Crippen molar-refractivity contribution in [1.29, 1.82) is 0 Å². The largest absolute Gasteiger partial charge is 0.351 e. The molecule has 41 heavy (non-hydrogen) atoms. The second kappa shape index (κ2) is 11.5. The van der Waals surface area contributed by atoms with Crippen molar-refractivity contribution in [2.45, 2.75) is 43.5 Å². The average molecular weight is 587 g/mol. The van der Waals surface area contributed by atoms with Crippen LogP contribution < -0.4 is 15.6 Å². The molecule has 5 rings (SSSR count). The summed E-state index contributed by atoms with van der Waals surface area (Å²) >= 11 is 0. The minimum absolute atomic E-state index is 0.0189. The molecule has 4 aromatic rings. The third-order valence-electron chi connectivity index (χ3n) is 7.23. The van der Waals surface area contributed by atoms with E-state index in [1.54, 1.807) is 0 Å². The molecule has 0 amide bonds. The zero-order chi connectivity index (χ0) is 29.3. The van der Waals surface area contributed by atoms with Gasteiger partial charge in [0.2, 0.25) is 21.8 Å². The molecule has 2 aromatic heterocycles. The van der Waals surface area contributed by atoms with Crippen LogP contribution in [0.2, 0.25) is 0 Å². The molecular weight excluding hydrogens is 557 g/mol. The van der Waals surface area contributed by atoms with Crippen LogP contribution in [-0.4, -0.2) is 54.0 Å². The highest BCUT2D eigenvalue weighted by Gasteiger charge is 2.23. The van der Waals surface area contributed by atoms with Crippen molar-refractivity contribution < 1.29 is 21.6 Å². The van der Waals surface area contributed by atoms with E-state index in [9.17, 15) is 22.0 Å². The van der Waals surface area contributed by atoms with Crippen molar-refractivity contribution in [3.8, 4) is 5.69 Å². The molecule has 0 atom stereocenters. The number of pyridine rings is 1. The van der Waals surface area contributed by atoms with Crippen LogP contribution in [0.15, 0.2) is 59.7 Å². The number of nitrogens with zero attached hydrogens (tertiary/aromatic N) is 4. The molecule has 0 spiro atoms. The van der Waals surface area contributed by atoms with E-state index in [0.717, 1.165) is 54.5 Å². The van der Waals surface area contributed by atoms with Gasteiger partial charge in [0.15, 0.2) is 0 Å². The van der Waals surface area contributed by atoms with Crippen LogP contribution in [0.3, 0.4) is 0 Å². The molecule has 0 aliphatic heterocycles. The molecule has 2 heterocycles. The Morgan fingerprint density at radius 2 is 1.73 bits per heavy atom. The summed E-state index contributed by atoms with van der Waals surface area (Å²) in [5, 5.41) is 3.47. The summed E-state index contributed by atoms with van der Waals surface area (Å²) in [6.07, 6.45) is 6.56. The summed E-state index contributed by atoms with van der Waals surface area (Å²) in [7, 11) is 0.0849. The maximum Gasteiger partial charge on any atom is 0.293 e. The molecule has 1 aliphatic carbocycles. The van der Waals surface area contributed by atoms with E-state index in [4.69, 9.17) is 0 Å². The van der Waals surface area contributed by atoms with E-state index in [1.165, 1.54) is 30.6 Å². The average Bonchev–Trinajstić information content (AvgIpc) is 2.93. The summed E-state index contributed by atoms with van der Waals surface area (Å²) in [5.41, 5.74) is -1.26. The van der Waals surface area contributed by atoms with E-state index in [0.29, 0.717) is 11.6 Å². The Balaban J connectivity index is 1.34. The molecule has 2 aromatic carbocycles. The lowest BCUT2D eigenvalue weighted by atomic mass is 9.91. The molecule has 1 saturated carbocycles. The van der Waals surface area contributed by atoms with Gasteiger partial charge in [0, 0.05) is 35.9 Å². The maximum atomic E-state index is 15.2. The first-order valence-electron chi connectivity index (χ1n) is 13.0. The van der Waals surface area contributed by atoms with Gasteiger partial charge in [0.25, 0.3) is 5.56 Å². The predicted octanol–water partition coefficient (Wildman–Crippen LogP) is 4.42. The Morgan fingerprint density at radius 1 is 1.02 bits per heavy atom. The fraction of sp³-hybridized carbons (Fsp3) is 0.321. The number of sulfonamides is 1. The first-order chi connectivity index (χ1) is 19.5. The van der Waals surface area contributed by atoms with Crippen molar-refractivity contribution in [2.24, 2.45) is 0 Å². The molecule has 0 radical (unpaired) electrons. The van der Waals surface area contributed by atoms with Gasteiger partial charge in [-0.05, 0) is 69.6 Å². The van der Waals surface area contributed by atoms with Gasteiger partial charge in [-0.1, -0.05) is 12.1 Å². The number of rotatable bonds is 8. The van der Waals surface area contributed by atoms with Crippen LogP contribution in [0, 0.1) is 17.5 Å². The zero-order valence-corrected chi connectivity index (χ0v) is 23.3. The molecule has 0 bridgehead atoms. The van der Waals surface area contributed by atoms with Gasteiger partial charge < -0.3 is 10.2 Å². The van der Waals surface area contributed by atoms with Crippen molar-refractivity contribution in [3.05, 3.63) is 88.2 Å². The molecule has 1 fully saturated rings. The van der Waals surface area contributed by atoms with Gasteiger partial charge in [-0.15, -0.1) is 0 Å². The van der Waals surface area contributed by atoms with Crippen LogP contribution in [0.5, 0.6) is 0 Å². The topological polar surface area (TPSA) is 109 Å². The summed E-state index contributed by atoms with van der Waals surface area (Å²) in [6.45, 7) is 0. The standard InChI is InChI=1S/C28H29F3N6O3S/c1-36(2)21-9-7-20(8-10-21)33-28-32-14-18-15-37(27(38)25(31)26(18)34-28)22-11-12-24(23(30)13-22)35-41(39,40)16-17-3-5-19(29)6-4-17/h3-6,11-15,20-21,35H,7-10,16H2,1-2H3,(H,33,34). The third-order valence-corrected chi connectivity index (χ3v) is 8.47. The Kier molecular flexibility index (Phi) is 8.00. The number of anilines is 2. The van der Waals surface area contributed by atoms with Gasteiger partial charge in [-0.3, -0.25) is 14.1 Å². The molecule has 0 unspecified atom stereocenters. The number of benzene rings is 2. The number of halogens is 3. The second-order valence-corrected chi connectivity index (χ2v) is 12.1. The molecule has 2 N–H and O–H groups in total. The van der Waals surface area contributed by atoms with Crippen molar-refractivity contribution in [2.75, 3.05) is 24.1 Å². The van der Waals surface area contributed by atoms with Crippen molar-refractivity contribution in [1.82, 2.24) is 19.4 Å².